The van der Waals surface area contributed by atoms with E-state index in [9.17, 15) is 13.6 Å². The lowest BCUT2D eigenvalue weighted by Crippen LogP contribution is -2.26. The number of hydrogen-bond acceptors (Lipinski definition) is 3. The van der Waals surface area contributed by atoms with Gasteiger partial charge in [-0.25, -0.2) is 0 Å². The van der Waals surface area contributed by atoms with E-state index in [0.717, 1.165) is 29.1 Å². The Morgan fingerprint density at radius 2 is 1.86 bits per heavy atom. The van der Waals surface area contributed by atoms with Crippen molar-refractivity contribution in [3.8, 4) is 5.75 Å². The van der Waals surface area contributed by atoms with Crippen molar-refractivity contribution in [3.63, 3.8) is 0 Å². The number of carbonyl (C=O) groups is 1. The third-order valence-electron chi connectivity index (χ3n) is 4.56. The molecule has 0 unspecified atom stereocenters. The number of alkyl halides is 2. The van der Waals surface area contributed by atoms with Crippen LogP contribution >= 0.6 is 0 Å². The summed E-state index contributed by atoms with van der Waals surface area (Å²) in [4.78, 5) is 12.1. The molecule has 0 radical (unpaired) electrons. The fourth-order valence-electron chi connectivity index (χ4n) is 3.13. The van der Waals surface area contributed by atoms with Crippen LogP contribution in [-0.2, 0) is 24.2 Å². The second-order valence-electron chi connectivity index (χ2n) is 7.35. The Hall–Kier alpha value is -2.44. The van der Waals surface area contributed by atoms with Crippen LogP contribution in [0.5, 0.6) is 5.75 Å². The first-order valence-electron chi connectivity index (χ1n) is 9.59. The van der Waals surface area contributed by atoms with Gasteiger partial charge in [0, 0.05) is 25.2 Å². The number of aryl methyl sites for hydroxylation is 1. The van der Waals surface area contributed by atoms with Crippen LogP contribution in [0.4, 0.5) is 8.78 Å². The Balaban J connectivity index is 1.77. The number of benzene rings is 1. The van der Waals surface area contributed by atoms with E-state index in [1.54, 1.807) is 12.1 Å². The maximum absolute atomic E-state index is 12.1. The monoisotopic (exact) mass is 393 g/mol. The van der Waals surface area contributed by atoms with Gasteiger partial charge in [0.25, 0.3) is 0 Å². The maximum Gasteiger partial charge on any atom is 0.387 e. The summed E-state index contributed by atoms with van der Waals surface area (Å²) in [5.41, 5.74) is 4.20. The Labute approximate surface area is 165 Å². The number of hydrogen-bond donors (Lipinski definition) is 1. The van der Waals surface area contributed by atoms with Gasteiger partial charge in [0.1, 0.15) is 5.75 Å². The average Bonchev–Trinajstić information content (AvgIpc) is 2.87. The van der Waals surface area contributed by atoms with Gasteiger partial charge in [0.15, 0.2) is 0 Å². The minimum absolute atomic E-state index is 0.00642. The molecule has 1 aromatic heterocycles. The second-order valence-corrected chi connectivity index (χ2v) is 7.35. The van der Waals surface area contributed by atoms with Crippen LogP contribution in [0.3, 0.4) is 0 Å². The van der Waals surface area contributed by atoms with E-state index < -0.39 is 6.61 Å². The lowest BCUT2D eigenvalue weighted by Gasteiger charge is -2.09. The molecule has 0 saturated carbocycles. The summed E-state index contributed by atoms with van der Waals surface area (Å²) in [6.07, 6.45) is 1.71. The fourth-order valence-corrected chi connectivity index (χ4v) is 3.13. The van der Waals surface area contributed by atoms with E-state index in [4.69, 9.17) is 0 Å². The first kappa shape index (κ1) is 21.9. The maximum atomic E-state index is 12.1. The number of nitrogens with one attached hydrogen (secondary N) is 1. The highest BCUT2D eigenvalue weighted by Gasteiger charge is 2.13. The standard InChI is InChI=1S/C21H29F2N3O2/c1-14(2)13-26-16(4)19(15(3)25-26)9-10-20(27)24-12-11-17-5-7-18(8-6-17)28-21(22)23/h5-8,14,21H,9-13H2,1-4H3,(H,24,27). The van der Waals surface area contributed by atoms with E-state index in [0.29, 0.717) is 31.7 Å². The average molecular weight is 393 g/mol. The van der Waals surface area contributed by atoms with E-state index in [1.165, 1.54) is 12.1 Å². The largest absolute Gasteiger partial charge is 0.435 e. The number of rotatable bonds is 10. The van der Waals surface area contributed by atoms with Gasteiger partial charge < -0.3 is 10.1 Å². The number of nitrogens with zero attached hydrogens (tertiary/aromatic N) is 2. The summed E-state index contributed by atoms with van der Waals surface area (Å²) in [5, 5.41) is 7.49. The molecule has 7 heteroatoms. The number of amides is 1. The predicted molar refractivity (Wildman–Crippen MR) is 105 cm³/mol. The number of ether oxygens (including phenoxy) is 1. The fraction of sp³-hybridized carbons (Fsp3) is 0.524. The van der Waals surface area contributed by atoms with E-state index in [2.05, 4.69) is 35.9 Å². The molecule has 1 aromatic carbocycles. The molecule has 28 heavy (non-hydrogen) atoms. The summed E-state index contributed by atoms with van der Waals surface area (Å²) in [5.74, 6) is 0.643. The summed E-state index contributed by atoms with van der Waals surface area (Å²) >= 11 is 0. The van der Waals surface area contributed by atoms with Gasteiger partial charge in [-0.15, -0.1) is 0 Å². The molecule has 154 valence electrons. The Morgan fingerprint density at radius 1 is 1.18 bits per heavy atom. The van der Waals surface area contributed by atoms with Gasteiger partial charge in [-0.05, 0) is 55.9 Å². The summed E-state index contributed by atoms with van der Waals surface area (Å²) in [6, 6.07) is 6.45. The second kappa shape index (κ2) is 10.2. The van der Waals surface area contributed by atoms with Crippen LogP contribution in [-0.4, -0.2) is 28.8 Å². The Bertz CT molecular complexity index is 771. The SMILES string of the molecule is Cc1nn(CC(C)C)c(C)c1CCC(=O)NCCc1ccc(OC(F)F)cc1. The molecule has 2 rings (SSSR count). The van der Waals surface area contributed by atoms with Crippen molar-refractivity contribution in [3.05, 3.63) is 46.8 Å². The number of carbonyl (C=O) groups excluding carboxylic acids is 1. The quantitative estimate of drug-likeness (QED) is 0.663. The van der Waals surface area contributed by atoms with Crippen molar-refractivity contribution in [2.45, 2.75) is 60.1 Å². The Kier molecular flexibility index (Phi) is 7.96. The molecule has 1 heterocycles. The molecule has 1 N–H and O–H groups in total. The van der Waals surface area contributed by atoms with Gasteiger partial charge >= 0.3 is 6.61 Å². The summed E-state index contributed by atoms with van der Waals surface area (Å²) in [7, 11) is 0. The van der Waals surface area contributed by atoms with Crippen LogP contribution in [0.15, 0.2) is 24.3 Å². The van der Waals surface area contributed by atoms with Gasteiger partial charge in [-0.3, -0.25) is 9.48 Å². The first-order valence-corrected chi connectivity index (χ1v) is 9.59. The molecule has 2 aromatic rings. The van der Waals surface area contributed by atoms with Crippen LogP contribution in [0.25, 0.3) is 0 Å². The lowest BCUT2D eigenvalue weighted by molar-refractivity contribution is -0.121. The molecular formula is C21H29F2N3O2. The molecule has 0 bridgehead atoms. The smallest absolute Gasteiger partial charge is 0.387 e. The molecule has 1 amide bonds. The molecule has 0 atom stereocenters. The first-order chi connectivity index (χ1) is 13.3. The minimum Gasteiger partial charge on any atom is -0.435 e. The van der Waals surface area contributed by atoms with Gasteiger partial charge in [0.05, 0.1) is 5.69 Å². The molecule has 0 aliphatic carbocycles. The summed E-state index contributed by atoms with van der Waals surface area (Å²) in [6.45, 7) is 6.90. The lowest BCUT2D eigenvalue weighted by atomic mass is 10.1. The number of aromatic nitrogens is 2. The topological polar surface area (TPSA) is 56.2 Å². The molecule has 0 saturated heterocycles. The van der Waals surface area contributed by atoms with Gasteiger partial charge in [-0.2, -0.15) is 13.9 Å². The predicted octanol–water partition coefficient (Wildman–Crippen LogP) is 4.05. The zero-order valence-electron chi connectivity index (χ0n) is 17.0. The highest BCUT2D eigenvalue weighted by Crippen LogP contribution is 2.17. The normalized spacial score (nSPS) is 11.3. The van der Waals surface area contributed by atoms with Crippen LogP contribution in [0.2, 0.25) is 0 Å². The number of halogens is 2. The zero-order chi connectivity index (χ0) is 20.7. The molecule has 5 nitrogen and oxygen atoms in total. The van der Waals surface area contributed by atoms with Crippen LogP contribution < -0.4 is 10.1 Å². The van der Waals surface area contributed by atoms with Crippen LogP contribution in [0.1, 0.15) is 42.8 Å². The Morgan fingerprint density at radius 3 is 2.46 bits per heavy atom. The van der Waals surface area contributed by atoms with Gasteiger partial charge in [0.2, 0.25) is 5.91 Å². The highest BCUT2D eigenvalue weighted by molar-refractivity contribution is 5.76. The zero-order valence-corrected chi connectivity index (χ0v) is 17.0. The van der Waals surface area contributed by atoms with E-state index in [1.807, 2.05) is 11.6 Å². The minimum atomic E-state index is -2.82. The molecule has 0 aliphatic heterocycles. The molecular weight excluding hydrogens is 364 g/mol. The van der Waals surface area contributed by atoms with E-state index >= 15 is 0 Å². The van der Waals surface area contributed by atoms with Crippen molar-refractivity contribution in [2.24, 2.45) is 5.92 Å². The molecule has 0 aliphatic rings. The van der Waals surface area contributed by atoms with Gasteiger partial charge in [-0.1, -0.05) is 26.0 Å². The highest BCUT2D eigenvalue weighted by atomic mass is 19.3. The third-order valence-corrected chi connectivity index (χ3v) is 4.56. The molecule has 0 fully saturated rings. The molecule has 0 spiro atoms. The van der Waals surface area contributed by atoms with E-state index in [-0.39, 0.29) is 11.7 Å². The van der Waals surface area contributed by atoms with Crippen molar-refractivity contribution in [1.82, 2.24) is 15.1 Å². The summed E-state index contributed by atoms with van der Waals surface area (Å²) < 4.78 is 30.6. The van der Waals surface area contributed by atoms with Crippen molar-refractivity contribution < 1.29 is 18.3 Å². The van der Waals surface area contributed by atoms with Crippen molar-refractivity contribution in [2.75, 3.05) is 6.54 Å². The third kappa shape index (κ3) is 6.62. The van der Waals surface area contributed by atoms with Crippen molar-refractivity contribution in [1.29, 1.82) is 0 Å². The van der Waals surface area contributed by atoms with Crippen molar-refractivity contribution >= 4 is 5.91 Å². The van der Waals surface area contributed by atoms with Crippen LogP contribution in [0, 0.1) is 19.8 Å².